The Labute approximate surface area is 125 Å². The van der Waals surface area contributed by atoms with Crippen molar-refractivity contribution in [3.05, 3.63) is 17.0 Å². The van der Waals surface area contributed by atoms with Crippen molar-refractivity contribution in [1.29, 1.82) is 0 Å². The van der Waals surface area contributed by atoms with E-state index in [1.807, 2.05) is 11.7 Å². The molecule has 1 N–H and O–H groups in total. The molecule has 0 aliphatic rings. The summed E-state index contributed by atoms with van der Waals surface area (Å²) in [4.78, 5) is 0. The first-order valence-electron chi connectivity index (χ1n) is 7.97. The molecule has 1 aromatic rings. The molecule has 1 aromatic heterocycles. The average Bonchev–Trinajstić information content (AvgIpc) is 2.57. The second-order valence-corrected chi connectivity index (χ2v) is 7.17. The lowest BCUT2D eigenvalue weighted by Gasteiger charge is -2.24. The van der Waals surface area contributed by atoms with E-state index in [9.17, 15) is 0 Å². The Balaban J connectivity index is 2.58. The van der Waals surface area contributed by atoms with E-state index in [0.717, 1.165) is 13.0 Å². The van der Waals surface area contributed by atoms with E-state index < -0.39 is 0 Å². The minimum absolute atomic E-state index is 0.424. The number of nitrogens with one attached hydrogen (secondary N) is 1. The first-order valence-corrected chi connectivity index (χ1v) is 7.97. The van der Waals surface area contributed by atoms with Crippen molar-refractivity contribution in [2.24, 2.45) is 12.5 Å². The lowest BCUT2D eigenvalue weighted by atomic mass is 9.87. The summed E-state index contributed by atoms with van der Waals surface area (Å²) in [5, 5.41) is 8.16. The van der Waals surface area contributed by atoms with Crippen LogP contribution in [0.1, 0.15) is 63.9 Å². The van der Waals surface area contributed by atoms with Crippen LogP contribution in [-0.4, -0.2) is 22.4 Å². The van der Waals surface area contributed by atoms with Crippen LogP contribution in [0, 0.1) is 19.3 Å². The number of aromatic nitrogens is 2. The van der Waals surface area contributed by atoms with E-state index in [1.165, 1.54) is 36.2 Å². The smallest absolute Gasteiger partial charge is 0.0628 e. The van der Waals surface area contributed by atoms with Gasteiger partial charge in [0.1, 0.15) is 0 Å². The third-order valence-electron chi connectivity index (χ3n) is 4.14. The lowest BCUT2D eigenvalue weighted by molar-refractivity contribution is 0.324. The molecule has 1 unspecified atom stereocenters. The Bertz CT molecular complexity index is 413. The zero-order chi connectivity index (χ0) is 15.3. The van der Waals surface area contributed by atoms with Gasteiger partial charge in [0.25, 0.3) is 0 Å². The predicted octanol–water partition coefficient (Wildman–Crippen LogP) is 3.77. The van der Waals surface area contributed by atoms with Crippen molar-refractivity contribution in [2.75, 3.05) is 6.54 Å². The summed E-state index contributed by atoms with van der Waals surface area (Å²) in [7, 11) is 2.03. The highest BCUT2D eigenvalue weighted by Gasteiger charge is 2.16. The van der Waals surface area contributed by atoms with Crippen LogP contribution in [0.4, 0.5) is 0 Å². The Kier molecular flexibility index (Phi) is 6.25. The quantitative estimate of drug-likeness (QED) is 0.823. The van der Waals surface area contributed by atoms with Gasteiger partial charge >= 0.3 is 0 Å². The Morgan fingerprint density at radius 2 is 1.85 bits per heavy atom. The van der Waals surface area contributed by atoms with E-state index in [2.05, 4.69) is 52.0 Å². The SMILES string of the molecule is CCNC(CCc1c(C)nn(C)c1C)CCC(C)(C)C. The monoisotopic (exact) mass is 279 g/mol. The van der Waals surface area contributed by atoms with E-state index in [1.54, 1.807) is 0 Å². The minimum Gasteiger partial charge on any atom is -0.314 e. The first-order chi connectivity index (χ1) is 9.24. The van der Waals surface area contributed by atoms with Gasteiger partial charge in [-0.25, -0.2) is 0 Å². The molecule has 3 heteroatoms. The van der Waals surface area contributed by atoms with Gasteiger partial charge in [0.05, 0.1) is 5.69 Å². The molecule has 0 saturated carbocycles. The zero-order valence-corrected chi connectivity index (χ0v) is 14.5. The summed E-state index contributed by atoms with van der Waals surface area (Å²) in [5.41, 5.74) is 4.36. The largest absolute Gasteiger partial charge is 0.314 e. The van der Waals surface area contributed by atoms with Gasteiger partial charge in [0.2, 0.25) is 0 Å². The van der Waals surface area contributed by atoms with Gasteiger partial charge in [-0.1, -0.05) is 27.7 Å². The zero-order valence-electron chi connectivity index (χ0n) is 14.5. The highest BCUT2D eigenvalue weighted by atomic mass is 15.3. The molecule has 0 amide bonds. The molecule has 0 fully saturated rings. The summed E-state index contributed by atoms with van der Waals surface area (Å²) in [6.07, 6.45) is 4.87. The van der Waals surface area contributed by atoms with Gasteiger partial charge in [-0.05, 0) is 57.1 Å². The van der Waals surface area contributed by atoms with Gasteiger partial charge in [-0.2, -0.15) is 5.10 Å². The maximum Gasteiger partial charge on any atom is 0.0628 e. The Morgan fingerprint density at radius 3 is 2.30 bits per heavy atom. The average molecular weight is 279 g/mol. The van der Waals surface area contributed by atoms with Crippen LogP contribution < -0.4 is 5.32 Å². The van der Waals surface area contributed by atoms with Gasteiger partial charge in [0.15, 0.2) is 0 Å². The number of aryl methyl sites for hydroxylation is 2. The minimum atomic E-state index is 0.424. The second kappa shape index (κ2) is 7.26. The summed E-state index contributed by atoms with van der Waals surface area (Å²) in [5.74, 6) is 0. The van der Waals surface area contributed by atoms with Crippen molar-refractivity contribution < 1.29 is 0 Å². The van der Waals surface area contributed by atoms with Gasteiger partial charge in [-0.3, -0.25) is 4.68 Å². The van der Waals surface area contributed by atoms with Crippen LogP contribution in [0.3, 0.4) is 0 Å². The number of nitrogens with zero attached hydrogens (tertiary/aromatic N) is 2. The molecule has 0 saturated heterocycles. The van der Waals surface area contributed by atoms with Crippen molar-refractivity contribution in [3.8, 4) is 0 Å². The summed E-state index contributed by atoms with van der Waals surface area (Å²) >= 11 is 0. The second-order valence-electron chi connectivity index (χ2n) is 7.17. The molecule has 1 rings (SSSR count). The molecule has 116 valence electrons. The van der Waals surface area contributed by atoms with E-state index in [-0.39, 0.29) is 0 Å². The number of hydrogen-bond donors (Lipinski definition) is 1. The standard InChI is InChI=1S/C17H33N3/c1-8-18-15(11-12-17(4,5)6)9-10-16-13(2)19-20(7)14(16)3/h15,18H,8-12H2,1-7H3. The molecule has 0 spiro atoms. The third kappa shape index (κ3) is 5.28. The molecule has 20 heavy (non-hydrogen) atoms. The molecule has 0 aliphatic heterocycles. The van der Waals surface area contributed by atoms with E-state index in [4.69, 9.17) is 0 Å². The van der Waals surface area contributed by atoms with Crippen LogP contribution >= 0.6 is 0 Å². The number of hydrogen-bond acceptors (Lipinski definition) is 2. The van der Waals surface area contributed by atoms with Crippen molar-refractivity contribution in [1.82, 2.24) is 15.1 Å². The maximum atomic E-state index is 4.52. The fraction of sp³-hybridized carbons (Fsp3) is 0.824. The van der Waals surface area contributed by atoms with Crippen LogP contribution in [0.15, 0.2) is 0 Å². The van der Waals surface area contributed by atoms with E-state index in [0.29, 0.717) is 11.5 Å². The highest BCUT2D eigenvalue weighted by Crippen LogP contribution is 2.23. The van der Waals surface area contributed by atoms with Gasteiger partial charge < -0.3 is 5.32 Å². The molecule has 0 bridgehead atoms. The van der Waals surface area contributed by atoms with Crippen LogP contribution in [0.5, 0.6) is 0 Å². The Morgan fingerprint density at radius 1 is 1.20 bits per heavy atom. The highest BCUT2D eigenvalue weighted by molar-refractivity contribution is 5.24. The molecule has 0 aromatic carbocycles. The predicted molar refractivity (Wildman–Crippen MR) is 87.2 cm³/mol. The van der Waals surface area contributed by atoms with Gasteiger partial charge in [-0.15, -0.1) is 0 Å². The van der Waals surface area contributed by atoms with Crippen LogP contribution in [0.2, 0.25) is 0 Å². The topological polar surface area (TPSA) is 29.9 Å². The van der Waals surface area contributed by atoms with Crippen molar-refractivity contribution in [2.45, 2.75) is 73.3 Å². The lowest BCUT2D eigenvalue weighted by Crippen LogP contribution is -2.30. The summed E-state index contributed by atoms with van der Waals surface area (Å²) in [6.45, 7) is 14.5. The summed E-state index contributed by atoms with van der Waals surface area (Å²) < 4.78 is 2.00. The van der Waals surface area contributed by atoms with Crippen molar-refractivity contribution >= 4 is 0 Å². The molecule has 1 atom stereocenters. The maximum absolute atomic E-state index is 4.52. The molecular weight excluding hydrogens is 246 g/mol. The molecular formula is C17H33N3. The molecule has 1 heterocycles. The molecule has 0 aliphatic carbocycles. The fourth-order valence-corrected chi connectivity index (χ4v) is 2.74. The molecule has 0 radical (unpaired) electrons. The Hall–Kier alpha value is -0.830. The fourth-order valence-electron chi connectivity index (χ4n) is 2.74. The summed E-state index contributed by atoms with van der Waals surface area (Å²) in [6, 6.07) is 0.623. The van der Waals surface area contributed by atoms with E-state index >= 15 is 0 Å². The van der Waals surface area contributed by atoms with Gasteiger partial charge in [0, 0.05) is 18.8 Å². The molecule has 3 nitrogen and oxygen atoms in total. The van der Waals surface area contributed by atoms with Crippen LogP contribution in [-0.2, 0) is 13.5 Å². The number of rotatable bonds is 7. The van der Waals surface area contributed by atoms with Crippen LogP contribution in [0.25, 0.3) is 0 Å². The third-order valence-corrected chi connectivity index (χ3v) is 4.14. The van der Waals surface area contributed by atoms with Crippen molar-refractivity contribution in [3.63, 3.8) is 0 Å². The normalized spacial score (nSPS) is 13.8. The first kappa shape index (κ1) is 17.2.